The van der Waals surface area contributed by atoms with Crippen LogP contribution < -0.4 is 10.5 Å². The zero-order valence-electron chi connectivity index (χ0n) is 9.22. The SMILES string of the molecule is COc1ccc(Br)cc1[C@@H](N)c1ccsc1.Cl. The largest absolute Gasteiger partial charge is 0.496 e. The number of hydrogen-bond acceptors (Lipinski definition) is 3. The summed E-state index contributed by atoms with van der Waals surface area (Å²) in [5.41, 5.74) is 8.32. The van der Waals surface area contributed by atoms with Crippen LogP contribution >= 0.6 is 39.7 Å². The molecule has 2 rings (SSSR count). The fraction of sp³-hybridized carbons (Fsp3) is 0.167. The van der Waals surface area contributed by atoms with Crippen LogP contribution in [0.2, 0.25) is 0 Å². The molecule has 0 unspecified atom stereocenters. The van der Waals surface area contributed by atoms with E-state index >= 15 is 0 Å². The minimum atomic E-state index is -0.140. The number of rotatable bonds is 3. The molecule has 0 aliphatic heterocycles. The molecule has 0 bridgehead atoms. The van der Waals surface area contributed by atoms with Crippen LogP contribution in [0.4, 0.5) is 0 Å². The number of benzene rings is 1. The van der Waals surface area contributed by atoms with Gasteiger partial charge in [0.15, 0.2) is 0 Å². The summed E-state index contributed by atoms with van der Waals surface area (Å²) < 4.78 is 6.33. The summed E-state index contributed by atoms with van der Waals surface area (Å²) >= 11 is 5.10. The van der Waals surface area contributed by atoms with Crippen LogP contribution in [0.1, 0.15) is 17.2 Å². The number of thiophene rings is 1. The van der Waals surface area contributed by atoms with Crippen molar-refractivity contribution in [2.24, 2.45) is 5.73 Å². The van der Waals surface area contributed by atoms with Gasteiger partial charge >= 0.3 is 0 Å². The third-order valence-electron chi connectivity index (χ3n) is 2.43. The van der Waals surface area contributed by atoms with Crippen LogP contribution in [0.15, 0.2) is 39.5 Å². The summed E-state index contributed by atoms with van der Waals surface area (Å²) in [5.74, 6) is 0.821. The molecule has 0 aliphatic carbocycles. The van der Waals surface area contributed by atoms with Crippen LogP contribution in [0.3, 0.4) is 0 Å². The minimum Gasteiger partial charge on any atom is -0.496 e. The lowest BCUT2D eigenvalue weighted by atomic mass is 10.0. The third kappa shape index (κ3) is 3.22. The zero-order chi connectivity index (χ0) is 11.5. The smallest absolute Gasteiger partial charge is 0.124 e. The molecule has 0 radical (unpaired) electrons. The van der Waals surface area contributed by atoms with Gasteiger partial charge in [-0.1, -0.05) is 15.9 Å². The molecule has 0 amide bonds. The molecule has 0 fully saturated rings. The van der Waals surface area contributed by atoms with E-state index in [0.29, 0.717) is 0 Å². The van der Waals surface area contributed by atoms with E-state index in [2.05, 4.69) is 21.3 Å². The highest BCUT2D eigenvalue weighted by atomic mass is 79.9. The number of ether oxygens (including phenoxy) is 1. The molecule has 0 aliphatic rings. The average molecular weight is 335 g/mol. The molecule has 2 N–H and O–H groups in total. The predicted molar refractivity (Wildman–Crippen MR) is 78.3 cm³/mol. The number of hydrogen-bond donors (Lipinski definition) is 1. The molecule has 5 heteroatoms. The Morgan fingerprint density at radius 1 is 1.35 bits per heavy atom. The van der Waals surface area contributed by atoms with Gasteiger partial charge in [-0.25, -0.2) is 0 Å². The van der Waals surface area contributed by atoms with Crippen molar-refractivity contribution in [1.82, 2.24) is 0 Å². The van der Waals surface area contributed by atoms with Crippen LogP contribution in [0, 0.1) is 0 Å². The molecule has 0 saturated carbocycles. The van der Waals surface area contributed by atoms with Gasteiger partial charge in [-0.3, -0.25) is 0 Å². The van der Waals surface area contributed by atoms with E-state index in [4.69, 9.17) is 10.5 Å². The first kappa shape index (κ1) is 14.5. The van der Waals surface area contributed by atoms with Gasteiger partial charge in [-0.15, -0.1) is 12.4 Å². The first-order chi connectivity index (χ1) is 7.72. The van der Waals surface area contributed by atoms with E-state index in [9.17, 15) is 0 Å². The molecule has 2 nitrogen and oxygen atoms in total. The summed E-state index contributed by atoms with van der Waals surface area (Å²) in [6, 6.07) is 7.77. The van der Waals surface area contributed by atoms with E-state index in [1.165, 1.54) is 0 Å². The van der Waals surface area contributed by atoms with Crippen molar-refractivity contribution in [3.05, 3.63) is 50.6 Å². The fourth-order valence-corrected chi connectivity index (χ4v) is 2.66. The molecule has 17 heavy (non-hydrogen) atoms. The van der Waals surface area contributed by atoms with Crippen LogP contribution in [-0.2, 0) is 0 Å². The summed E-state index contributed by atoms with van der Waals surface area (Å²) in [5, 5.41) is 4.09. The molecule has 2 aromatic rings. The second-order valence-corrected chi connectivity index (χ2v) is 5.12. The first-order valence-corrected chi connectivity index (χ1v) is 6.57. The van der Waals surface area contributed by atoms with Crippen LogP contribution in [-0.4, -0.2) is 7.11 Å². The quantitative estimate of drug-likeness (QED) is 0.921. The van der Waals surface area contributed by atoms with Crippen molar-refractivity contribution in [1.29, 1.82) is 0 Å². The molecule has 0 saturated heterocycles. The molecule has 1 heterocycles. The zero-order valence-corrected chi connectivity index (χ0v) is 12.4. The fourth-order valence-electron chi connectivity index (χ4n) is 1.58. The topological polar surface area (TPSA) is 35.2 Å². The van der Waals surface area contributed by atoms with Gasteiger partial charge in [0.2, 0.25) is 0 Å². The molecule has 1 atom stereocenters. The monoisotopic (exact) mass is 333 g/mol. The Kier molecular flexibility index (Phi) is 5.46. The van der Waals surface area contributed by atoms with Gasteiger partial charge in [-0.05, 0) is 40.6 Å². The van der Waals surface area contributed by atoms with E-state index < -0.39 is 0 Å². The normalized spacial score (nSPS) is 11.7. The minimum absolute atomic E-state index is 0. The summed E-state index contributed by atoms with van der Waals surface area (Å²) in [4.78, 5) is 0. The van der Waals surface area contributed by atoms with Crippen molar-refractivity contribution < 1.29 is 4.74 Å². The summed E-state index contributed by atoms with van der Waals surface area (Å²) in [6.07, 6.45) is 0. The molecular weight excluding hydrogens is 322 g/mol. The average Bonchev–Trinajstić information content (AvgIpc) is 2.81. The summed E-state index contributed by atoms with van der Waals surface area (Å²) in [7, 11) is 1.66. The van der Waals surface area contributed by atoms with E-state index in [0.717, 1.165) is 21.3 Å². The Labute approximate surface area is 119 Å². The Morgan fingerprint density at radius 2 is 2.12 bits per heavy atom. The van der Waals surface area contributed by atoms with Gasteiger partial charge in [0.05, 0.1) is 13.2 Å². The molecule has 1 aromatic heterocycles. The van der Waals surface area contributed by atoms with Crippen molar-refractivity contribution >= 4 is 39.7 Å². The Bertz CT molecular complexity index is 475. The van der Waals surface area contributed by atoms with Gasteiger partial charge in [0, 0.05) is 10.0 Å². The predicted octanol–water partition coefficient (Wildman–Crippen LogP) is 3.99. The maximum absolute atomic E-state index is 6.21. The Morgan fingerprint density at radius 3 is 2.71 bits per heavy atom. The highest BCUT2D eigenvalue weighted by Crippen LogP contribution is 2.31. The third-order valence-corrected chi connectivity index (χ3v) is 3.62. The van der Waals surface area contributed by atoms with Crippen molar-refractivity contribution in [2.75, 3.05) is 7.11 Å². The van der Waals surface area contributed by atoms with E-state index in [1.807, 2.05) is 29.6 Å². The van der Waals surface area contributed by atoms with Crippen molar-refractivity contribution in [2.45, 2.75) is 6.04 Å². The van der Waals surface area contributed by atoms with Gasteiger partial charge in [0.25, 0.3) is 0 Å². The highest BCUT2D eigenvalue weighted by Gasteiger charge is 2.14. The van der Waals surface area contributed by atoms with Crippen molar-refractivity contribution in [3.8, 4) is 5.75 Å². The lowest BCUT2D eigenvalue weighted by Gasteiger charge is -2.15. The number of halogens is 2. The van der Waals surface area contributed by atoms with E-state index in [-0.39, 0.29) is 18.4 Å². The highest BCUT2D eigenvalue weighted by molar-refractivity contribution is 9.10. The molecule has 1 aromatic carbocycles. The lowest BCUT2D eigenvalue weighted by Crippen LogP contribution is -2.12. The van der Waals surface area contributed by atoms with Gasteiger partial charge in [-0.2, -0.15) is 11.3 Å². The Hall–Kier alpha value is -0.550. The molecule has 0 spiro atoms. The standard InChI is InChI=1S/C12H12BrNOS.ClH/c1-15-11-3-2-9(13)6-10(11)12(14)8-4-5-16-7-8;/h2-7,12H,14H2,1H3;1H/t12-;/m0./s1. The van der Waals surface area contributed by atoms with E-state index in [1.54, 1.807) is 18.4 Å². The first-order valence-electron chi connectivity index (χ1n) is 4.83. The number of methoxy groups -OCH3 is 1. The maximum Gasteiger partial charge on any atom is 0.124 e. The van der Waals surface area contributed by atoms with Crippen molar-refractivity contribution in [3.63, 3.8) is 0 Å². The number of nitrogens with two attached hydrogens (primary N) is 1. The van der Waals surface area contributed by atoms with Gasteiger partial charge in [0.1, 0.15) is 5.75 Å². The van der Waals surface area contributed by atoms with Crippen LogP contribution in [0.25, 0.3) is 0 Å². The molecular formula is C12H13BrClNOS. The van der Waals surface area contributed by atoms with Gasteiger partial charge < -0.3 is 10.5 Å². The second-order valence-electron chi connectivity index (χ2n) is 3.42. The summed E-state index contributed by atoms with van der Waals surface area (Å²) in [6.45, 7) is 0. The maximum atomic E-state index is 6.21. The lowest BCUT2D eigenvalue weighted by molar-refractivity contribution is 0.408. The molecule has 92 valence electrons. The second kappa shape index (κ2) is 6.40. The van der Waals surface area contributed by atoms with Crippen LogP contribution in [0.5, 0.6) is 5.75 Å². The Balaban J connectivity index is 0.00000144.